The van der Waals surface area contributed by atoms with Crippen molar-refractivity contribution in [1.29, 1.82) is 0 Å². The molecule has 0 saturated heterocycles. The number of hydrogen-bond donors (Lipinski definition) is 1. The molecule has 2 aliphatic rings. The fraction of sp³-hybridized carbons (Fsp3) is 0.412. The first-order valence-corrected chi connectivity index (χ1v) is 9.25. The molecular formula is C17H19O6P. The Morgan fingerprint density at radius 3 is 2.50 bits per heavy atom. The van der Waals surface area contributed by atoms with Gasteiger partial charge >= 0.3 is 8.25 Å². The van der Waals surface area contributed by atoms with Crippen LogP contribution in [0.2, 0.25) is 0 Å². The molecule has 1 heterocycles. The maximum atomic E-state index is 12.5. The molecule has 0 bridgehead atoms. The minimum absolute atomic E-state index is 0.0633. The van der Waals surface area contributed by atoms with Crippen molar-refractivity contribution in [2.45, 2.75) is 31.8 Å². The Kier molecular flexibility index (Phi) is 5.29. The van der Waals surface area contributed by atoms with E-state index in [0.29, 0.717) is 29.7 Å². The molecule has 7 heteroatoms. The van der Waals surface area contributed by atoms with Gasteiger partial charge in [-0.3, -0.25) is 14.2 Å². The number of Topliss-reactive ketones (excluding diaryl/α,β-unsaturated/α-hetero) is 2. The van der Waals surface area contributed by atoms with Gasteiger partial charge < -0.3 is 14.2 Å². The van der Waals surface area contributed by atoms with Gasteiger partial charge in [0.1, 0.15) is 0 Å². The van der Waals surface area contributed by atoms with Gasteiger partial charge in [0, 0.05) is 17.5 Å². The van der Waals surface area contributed by atoms with E-state index in [4.69, 9.17) is 9.63 Å². The van der Waals surface area contributed by atoms with Gasteiger partial charge in [-0.15, -0.1) is 0 Å². The average molecular weight is 350 g/mol. The van der Waals surface area contributed by atoms with Crippen LogP contribution in [0.5, 0.6) is 0 Å². The summed E-state index contributed by atoms with van der Waals surface area (Å²) in [6.07, 6.45) is 3.97. The van der Waals surface area contributed by atoms with Crippen molar-refractivity contribution >= 4 is 19.8 Å². The van der Waals surface area contributed by atoms with E-state index in [1.165, 1.54) is 0 Å². The second-order valence-corrected chi connectivity index (χ2v) is 6.72. The fourth-order valence-electron chi connectivity index (χ4n) is 3.12. The summed E-state index contributed by atoms with van der Waals surface area (Å²) in [7, 11) is -2.85. The lowest BCUT2D eigenvalue weighted by Crippen LogP contribution is -2.38. The smallest absolute Gasteiger partial charge is 0.316 e. The summed E-state index contributed by atoms with van der Waals surface area (Å²) in [6, 6.07) is 6.86. The van der Waals surface area contributed by atoms with Crippen molar-refractivity contribution in [3.05, 3.63) is 47.2 Å². The molecule has 0 spiro atoms. The Bertz CT molecular complexity index is 711. The number of fused-ring (bicyclic) bond motifs is 2. The van der Waals surface area contributed by atoms with E-state index in [-0.39, 0.29) is 18.2 Å². The van der Waals surface area contributed by atoms with Gasteiger partial charge in [-0.2, -0.15) is 0 Å². The third kappa shape index (κ3) is 3.51. The monoisotopic (exact) mass is 350 g/mol. The van der Waals surface area contributed by atoms with Crippen LogP contribution >= 0.6 is 8.25 Å². The van der Waals surface area contributed by atoms with Gasteiger partial charge in [0.15, 0.2) is 11.9 Å². The zero-order valence-electron chi connectivity index (χ0n) is 13.1. The van der Waals surface area contributed by atoms with E-state index in [9.17, 15) is 14.2 Å². The second-order valence-electron chi connectivity index (χ2n) is 5.90. The molecule has 0 fully saturated rings. The molecule has 128 valence electrons. The van der Waals surface area contributed by atoms with E-state index >= 15 is 0 Å². The summed E-state index contributed by atoms with van der Waals surface area (Å²) in [5, 5.41) is 0. The SMILES string of the molecule is O=C1c2ccccc2C(=O)C2OC(CCCCCO[PH](=O)O)=CC12. The summed E-state index contributed by atoms with van der Waals surface area (Å²) in [6.45, 7) is 0.256. The van der Waals surface area contributed by atoms with Crippen molar-refractivity contribution in [2.24, 2.45) is 5.92 Å². The number of ether oxygens (including phenoxy) is 1. The molecule has 24 heavy (non-hydrogen) atoms. The minimum Gasteiger partial charge on any atom is -0.486 e. The van der Waals surface area contributed by atoms with Crippen molar-refractivity contribution < 1.29 is 28.3 Å². The lowest BCUT2D eigenvalue weighted by molar-refractivity contribution is 0.0535. The van der Waals surface area contributed by atoms with Crippen LogP contribution in [0.25, 0.3) is 0 Å². The lowest BCUT2D eigenvalue weighted by Gasteiger charge is -2.24. The predicted molar refractivity (Wildman–Crippen MR) is 87.2 cm³/mol. The molecule has 3 rings (SSSR count). The van der Waals surface area contributed by atoms with Crippen molar-refractivity contribution in [3.63, 3.8) is 0 Å². The molecule has 1 aromatic rings. The first-order valence-electron chi connectivity index (χ1n) is 7.98. The quantitative estimate of drug-likeness (QED) is 0.601. The predicted octanol–water partition coefficient (Wildman–Crippen LogP) is 2.92. The van der Waals surface area contributed by atoms with Gasteiger partial charge in [-0.05, 0) is 18.9 Å². The lowest BCUT2D eigenvalue weighted by atomic mass is 9.80. The molecule has 0 radical (unpaired) electrons. The van der Waals surface area contributed by atoms with Gasteiger partial charge in [-0.1, -0.05) is 30.7 Å². The molecule has 1 aliphatic heterocycles. The van der Waals surface area contributed by atoms with Gasteiger partial charge in [0.25, 0.3) is 0 Å². The number of carbonyl (C=O) groups excluding carboxylic acids is 2. The third-order valence-corrected chi connectivity index (χ3v) is 4.73. The first kappa shape index (κ1) is 17.1. The highest BCUT2D eigenvalue weighted by Crippen LogP contribution is 2.36. The standard InChI is InChI=1S/C17H19O6P/c18-15-12-7-3-4-8-13(12)16(19)17-14(15)10-11(23-17)6-2-1-5-9-22-24(20)21/h3-4,7-8,10,14,17,24H,1-2,5-6,9H2,(H,20,21). The summed E-state index contributed by atoms with van der Waals surface area (Å²) in [4.78, 5) is 33.6. The molecule has 0 saturated carbocycles. The molecule has 1 aliphatic carbocycles. The summed E-state index contributed by atoms with van der Waals surface area (Å²) in [5.74, 6) is -0.0449. The van der Waals surface area contributed by atoms with Crippen LogP contribution in [0.3, 0.4) is 0 Å². The molecule has 6 nitrogen and oxygen atoms in total. The Labute approximate surface area is 140 Å². The summed E-state index contributed by atoms with van der Waals surface area (Å²) < 4.78 is 20.8. The molecule has 3 unspecified atom stereocenters. The number of benzene rings is 1. The van der Waals surface area contributed by atoms with Crippen molar-refractivity contribution in [2.75, 3.05) is 6.61 Å². The zero-order chi connectivity index (χ0) is 17.1. The van der Waals surface area contributed by atoms with Crippen LogP contribution < -0.4 is 0 Å². The molecule has 1 N–H and O–H groups in total. The normalized spacial score (nSPS) is 23.3. The maximum absolute atomic E-state index is 12.5. The van der Waals surface area contributed by atoms with Gasteiger partial charge in [0.2, 0.25) is 5.78 Å². The number of hydrogen-bond acceptors (Lipinski definition) is 5. The molecule has 0 aromatic heterocycles. The molecule has 3 atom stereocenters. The van der Waals surface area contributed by atoms with E-state index in [0.717, 1.165) is 12.8 Å². The average Bonchev–Trinajstić information content (AvgIpc) is 3.00. The number of unbranched alkanes of at least 4 members (excludes halogenated alkanes) is 2. The van der Waals surface area contributed by atoms with Crippen molar-refractivity contribution in [3.8, 4) is 0 Å². The van der Waals surface area contributed by atoms with E-state index in [1.807, 2.05) is 0 Å². The highest BCUT2D eigenvalue weighted by Gasteiger charge is 2.45. The highest BCUT2D eigenvalue weighted by molar-refractivity contribution is 7.32. The van der Waals surface area contributed by atoms with Crippen LogP contribution in [0.15, 0.2) is 36.1 Å². The fourth-order valence-corrected chi connectivity index (χ4v) is 3.44. The first-order chi connectivity index (χ1) is 11.6. The maximum Gasteiger partial charge on any atom is 0.316 e. The van der Waals surface area contributed by atoms with E-state index < -0.39 is 20.3 Å². The highest BCUT2D eigenvalue weighted by atomic mass is 31.1. The Morgan fingerprint density at radius 1 is 1.08 bits per heavy atom. The molecular weight excluding hydrogens is 331 g/mol. The zero-order valence-corrected chi connectivity index (χ0v) is 14.1. The third-order valence-electron chi connectivity index (χ3n) is 4.28. The summed E-state index contributed by atoms with van der Waals surface area (Å²) >= 11 is 0. The number of ketones is 2. The van der Waals surface area contributed by atoms with Crippen LogP contribution in [0.1, 0.15) is 46.4 Å². The van der Waals surface area contributed by atoms with Gasteiger partial charge in [-0.25, -0.2) is 0 Å². The Morgan fingerprint density at radius 2 is 1.79 bits per heavy atom. The van der Waals surface area contributed by atoms with E-state index in [1.54, 1.807) is 30.3 Å². The van der Waals surface area contributed by atoms with E-state index in [2.05, 4.69) is 4.52 Å². The van der Waals surface area contributed by atoms with Gasteiger partial charge in [0.05, 0.1) is 18.3 Å². The van der Waals surface area contributed by atoms with Crippen LogP contribution in [0.4, 0.5) is 0 Å². The van der Waals surface area contributed by atoms with Crippen LogP contribution in [-0.2, 0) is 13.8 Å². The van der Waals surface area contributed by atoms with Crippen molar-refractivity contribution in [1.82, 2.24) is 0 Å². The summed E-state index contributed by atoms with van der Waals surface area (Å²) in [5.41, 5.74) is 0.913. The largest absolute Gasteiger partial charge is 0.486 e. The second kappa shape index (κ2) is 7.43. The van der Waals surface area contributed by atoms with Crippen LogP contribution in [-0.4, -0.2) is 29.2 Å². The number of allylic oxidation sites excluding steroid dienone is 1. The van der Waals surface area contributed by atoms with Crippen LogP contribution in [0, 0.1) is 5.92 Å². The Hall–Kier alpha value is -1.75. The number of rotatable bonds is 7. The Balaban J connectivity index is 1.56. The minimum atomic E-state index is -2.85. The molecule has 0 amide bonds. The molecule has 1 aromatic carbocycles. The number of carbonyl (C=O) groups is 2. The topological polar surface area (TPSA) is 89.9 Å².